The van der Waals surface area contributed by atoms with Crippen molar-refractivity contribution in [3.63, 3.8) is 0 Å². The molecular weight excluding hydrogens is 1210 g/mol. The lowest BCUT2D eigenvalue weighted by molar-refractivity contribution is -0.359. The predicted octanol–water partition coefficient (Wildman–Crippen LogP) is 19.3. The second-order valence-corrected chi connectivity index (χ2v) is 30.0. The number of carbonyl (C=O) groups is 1. The molecule has 2 fully saturated rings. The van der Waals surface area contributed by atoms with Crippen molar-refractivity contribution in [3.05, 3.63) is 12.2 Å². The minimum Gasteiger partial charge on any atom is -0.394 e. The smallest absolute Gasteiger partial charge is 0.220 e. The number of aliphatic hydroxyl groups is 8. The average Bonchev–Trinajstić information content (AvgIpc) is 0.805. The molecule has 0 radical (unpaired) electrons. The van der Waals surface area contributed by atoms with Gasteiger partial charge in [-0.15, -0.1) is 0 Å². The van der Waals surface area contributed by atoms with Gasteiger partial charge in [0.2, 0.25) is 5.91 Å². The molecule has 14 nitrogen and oxygen atoms in total. The molecule has 2 heterocycles. The van der Waals surface area contributed by atoms with Gasteiger partial charge in [0, 0.05) is 6.42 Å². The highest BCUT2D eigenvalue weighted by Gasteiger charge is 2.51. The van der Waals surface area contributed by atoms with Gasteiger partial charge in [0.05, 0.1) is 32.0 Å². The third kappa shape index (κ3) is 49.4. The Bertz CT molecular complexity index is 1660. The summed E-state index contributed by atoms with van der Waals surface area (Å²) in [4.78, 5) is 13.4. The van der Waals surface area contributed by atoms with E-state index in [0.717, 1.165) is 44.9 Å². The summed E-state index contributed by atoms with van der Waals surface area (Å²) in [5.41, 5.74) is 0. The van der Waals surface area contributed by atoms with Crippen LogP contribution in [0.1, 0.15) is 412 Å². The molecule has 0 bridgehead atoms. The zero-order valence-electron chi connectivity index (χ0n) is 62.7. The van der Waals surface area contributed by atoms with Crippen molar-refractivity contribution in [2.75, 3.05) is 19.8 Å². The Morgan fingerprint density at radius 1 is 0.365 bits per heavy atom. The van der Waals surface area contributed by atoms with Crippen LogP contribution in [-0.4, -0.2) is 140 Å². The minimum atomic E-state index is -1.79. The van der Waals surface area contributed by atoms with Crippen LogP contribution in [-0.2, 0) is 23.7 Å². The molecule has 2 aliphatic rings. The molecule has 2 aliphatic heterocycles. The summed E-state index contributed by atoms with van der Waals surface area (Å²) in [5.74, 6) is -0.229. The van der Waals surface area contributed by atoms with Gasteiger partial charge >= 0.3 is 0 Å². The van der Waals surface area contributed by atoms with Crippen LogP contribution in [0.5, 0.6) is 0 Å². The van der Waals surface area contributed by atoms with Crippen molar-refractivity contribution in [3.8, 4) is 0 Å². The van der Waals surface area contributed by atoms with E-state index in [2.05, 4.69) is 19.2 Å². The van der Waals surface area contributed by atoms with Gasteiger partial charge in [-0.05, 0) is 19.3 Å². The number of hydrogen-bond donors (Lipinski definition) is 9. The Morgan fingerprint density at radius 2 is 0.646 bits per heavy atom. The van der Waals surface area contributed by atoms with Gasteiger partial charge in [0.15, 0.2) is 12.6 Å². The molecule has 0 aromatic carbocycles. The first-order valence-corrected chi connectivity index (χ1v) is 41.9. The van der Waals surface area contributed by atoms with E-state index in [1.165, 1.54) is 347 Å². The zero-order valence-corrected chi connectivity index (χ0v) is 62.7. The summed E-state index contributed by atoms with van der Waals surface area (Å²) < 4.78 is 22.9. The molecule has 0 aromatic heterocycles. The Morgan fingerprint density at radius 3 is 0.958 bits per heavy atom. The first kappa shape index (κ1) is 90.8. The van der Waals surface area contributed by atoms with Gasteiger partial charge in [0.25, 0.3) is 0 Å². The van der Waals surface area contributed by atoms with E-state index in [-0.39, 0.29) is 18.9 Å². The first-order valence-electron chi connectivity index (χ1n) is 41.9. The summed E-state index contributed by atoms with van der Waals surface area (Å²) in [6.07, 6.45) is 69.0. The molecule has 1 amide bonds. The van der Waals surface area contributed by atoms with Crippen molar-refractivity contribution in [1.29, 1.82) is 0 Å². The van der Waals surface area contributed by atoms with E-state index in [4.69, 9.17) is 18.9 Å². The standard InChI is InChI=1S/C82H159NO13/c1-3-5-7-9-11-13-15-17-19-21-23-25-27-28-29-30-31-32-33-34-35-36-37-38-39-40-41-42-43-44-46-48-50-52-54-56-58-60-62-64-66-74(87)83-70(69-93-81-79(92)77(90)80(73(68-85)95-81)96-82-78(91)76(89)75(88)72(67-84)94-82)71(86)65-63-61-59-57-55-53-51-49-47-45-26-24-22-20-18-16-14-12-10-8-6-4-2/h63,65,70-73,75-82,84-86,88-92H,3-62,64,66-69H2,1-2H3,(H,83,87)/b65-63+. The third-order valence-corrected chi connectivity index (χ3v) is 21.0. The lowest BCUT2D eigenvalue weighted by Crippen LogP contribution is -2.65. The summed E-state index contributed by atoms with van der Waals surface area (Å²) in [6.45, 7) is 2.88. The van der Waals surface area contributed by atoms with E-state index >= 15 is 0 Å². The number of amides is 1. The van der Waals surface area contributed by atoms with E-state index in [0.29, 0.717) is 0 Å². The second kappa shape index (κ2) is 66.9. The predicted molar refractivity (Wildman–Crippen MR) is 397 cm³/mol. The highest BCUT2D eigenvalue weighted by molar-refractivity contribution is 5.76. The second-order valence-electron chi connectivity index (χ2n) is 30.0. The maximum absolute atomic E-state index is 13.4. The van der Waals surface area contributed by atoms with Gasteiger partial charge < -0.3 is 65.1 Å². The van der Waals surface area contributed by atoms with Crippen LogP contribution >= 0.6 is 0 Å². The molecule has 9 N–H and O–H groups in total. The Kier molecular flexibility index (Phi) is 63.3. The molecule has 96 heavy (non-hydrogen) atoms. The molecule has 570 valence electrons. The monoisotopic (exact) mass is 1370 g/mol. The Balaban J connectivity index is 1.55. The molecule has 2 saturated heterocycles. The molecule has 0 spiro atoms. The van der Waals surface area contributed by atoms with Gasteiger partial charge in [-0.2, -0.15) is 0 Å². The van der Waals surface area contributed by atoms with Gasteiger partial charge in [-0.1, -0.05) is 398 Å². The largest absolute Gasteiger partial charge is 0.394 e. The average molecular weight is 1370 g/mol. The molecule has 14 heteroatoms. The molecular formula is C82H159NO13. The fourth-order valence-corrected chi connectivity index (χ4v) is 14.4. The number of aliphatic hydroxyl groups excluding tert-OH is 8. The Labute approximate surface area is 590 Å². The van der Waals surface area contributed by atoms with E-state index in [1.54, 1.807) is 6.08 Å². The number of ether oxygens (including phenoxy) is 4. The molecule has 2 rings (SSSR count). The van der Waals surface area contributed by atoms with E-state index in [9.17, 15) is 45.6 Å². The summed E-state index contributed by atoms with van der Waals surface area (Å²) in [7, 11) is 0. The molecule has 12 atom stereocenters. The van der Waals surface area contributed by atoms with Gasteiger partial charge in [-0.3, -0.25) is 4.79 Å². The molecule has 0 saturated carbocycles. The van der Waals surface area contributed by atoms with Crippen LogP contribution in [0.2, 0.25) is 0 Å². The lowest BCUT2D eigenvalue weighted by Gasteiger charge is -2.46. The van der Waals surface area contributed by atoms with Crippen LogP contribution in [0.3, 0.4) is 0 Å². The number of hydrogen-bond acceptors (Lipinski definition) is 13. The number of rotatable bonds is 72. The zero-order chi connectivity index (χ0) is 69.4. The fourth-order valence-electron chi connectivity index (χ4n) is 14.4. The topological polar surface area (TPSA) is 228 Å². The summed E-state index contributed by atoms with van der Waals surface area (Å²) in [6, 6.07) is -0.912. The van der Waals surface area contributed by atoms with Gasteiger partial charge in [0.1, 0.15) is 48.8 Å². The quantitative estimate of drug-likeness (QED) is 0.0204. The van der Waals surface area contributed by atoms with Crippen molar-refractivity contribution in [2.45, 2.75) is 485 Å². The van der Waals surface area contributed by atoms with Crippen molar-refractivity contribution >= 4 is 5.91 Å². The highest BCUT2D eigenvalue weighted by Crippen LogP contribution is 2.31. The fraction of sp³-hybridized carbons (Fsp3) is 0.963. The minimum absolute atomic E-state index is 0.229. The van der Waals surface area contributed by atoms with Crippen LogP contribution in [0, 0.1) is 0 Å². The first-order chi connectivity index (χ1) is 47.1. The van der Waals surface area contributed by atoms with Crippen LogP contribution < -0.4 is 5.32 Å². The van der Waals surface area contributed by atoms with Crippen molar-refractivity contribution < 1.29 is 64.6 Å². The van der Waals surface area contributed by atoms with Crippen molar-refractivity contribution in [1.82, 2.24) is 5.32 Å². The normalized spacial score (nSPS) is 22.2. The Hall–Kier alpha value is -1.27. The van der Waals surface area contributed by atoms with Gasteiger partial charge in [-0.25, -0.2) is 0 Å². The third-order valence-electron chi connectivity index (χ3n) is 21.0. The number of unbranched alkanes of at least 4 members (excludes halogenated alkanes) is 59. The van der Waals surface area contributed by atoms with Crippen LogP contribution in [0.15, 0.2) is 12.2 Å². The van der Waals surface area contributed by atoms with Crippen LogP contribution in [0.25, 0.3) is 0 Å². The maximum Gasteiger partial charge on any atom is 0.220 e. The van der Waals surface area contributed by atoms with E-state index < -0.39 is 86.8 Å². The molecule has 12 unspecified atom stereocenters. The number of nitrogens with one attached hydrogen (secondary N) is 1. The maximum atomic E-state index is 13.4. The SMILES string of the molecule is CCCCCCCCCCCCCCCCCCCCCC/C=C/C(O)C(COC1OC(CO)C(OC2OC(CO)C(O)C(O)C2O)C(O)C1O)NC(=O)CCCCCCCCCCCCCCCCCCCCCCCCCCCCCCCCCCCCCCCCCC. The van der Waals surface area contributed by atoms with Crippen LogP contribution in [0.4, 0.5) is 0 Å². The summed E-state index contributed by atoms with van der Waals surface area (Å²) >= 11 is 0. The molecule has 0 aromatic rings. The molecule has 0 aliphatic carbocycles. The van der Waals surface area contributed by atoms with E-state index in [1.807, 2.05) is 6.08 Å². The lowest BCUT2D eigenvalue weighted by atomic mass is 9.97. The van der Waals surface area contributed by atoms with Crippen molar-refractivity contribution in [2.24, 2.45) is 0 Å². The highest BCUT2D eigenvalue weighted by atomic mass is 16.7. The number of allylic oxidation sites excluding steroid dienone is 1. The number of carbonyl (C=O) groups excluding carboxylic acids is 1. The summed E-state index contributed by atoms with van der Waals surface area (Å²) in [5, 5.41) is 87.7.